The van der Waals surface area contributed by atoms with E-state index in [1.54, 1.807) is 44.3 Å². The first-order valence-corrected chi connectivity index (χ1v) is 11.4. The summed E-state index contributed by atoms with van der Waals surface area (Å²) in [7, 11) is -3.48. The summed E-state index contributed by atoms with van der Waals surface area (Å²) in [4.78, 5) is 4.84. The molecule has 1 fully saturated rings. The lowest BCUT2D eigenvalue weighted by Gasteiger charge is -2.40. The molecule has 1 aliphatic carbocycles. The second kappa shape index (κ2) is 8.02. The number of hydrogen-bond acceptors (Lipinski definition) is 7. The zero-order valence-electron chi connectivity index (χ0n) is 16.2. The van der Waals surface area contributed by atoms with Gasteiger partial charge in [-0.05, 0) is 45.2 Å². The van der Waals surface area contributed by atoms with E-state index in [9.17, 15) is 8.42 Å². The summed E-state index contributed by atoms with van der Waals surface area (Å²) in [5, 5.41) is 5.97. The number of para-hydroxylation sites is 1. The Bertz CT molecular complexity index is 899. The number of amidine groups is 1. The molecule has 1 aliphatic heterocycles. The van der Waals surface area contributed by atoms with Crippen molar-refractivity contribution < 1.29 is 8.42 Å². The quantitative estimate of drug-likeness (QED) is 0.587. The van der Waals surface area contributed by atoms with Crippen molar-refractivity contribution in [3.8, 4) is 0 Å². The Hall–Kier alpha value is -1.61. The number of benzene rings is 1. The molecule has 0 aromatic heterocycles. The molecule has 154 valence electrons. The fraction of sp³-hybridized carbons (Fsp3) is 0.526. The van der Waals surface area contributed by atoms with Gasteiger partial charge in [0.2, 0.25) is 0 Å². The summed E-state index contributed by atoms with van der Waals surface area (Å²) < 4.78 is 25.4. The van der Waals surface area contributed by atoms with E-state index in [1.807, 2.05) is 0 Å². The monoisotopic (exact) mass is 425 g/mol. The van der Waals surface area contributed by atoms with Crippen LogP contribution in [0.25, 0.3) is 0 Å². The van der Waals surface area contributed by atoms with Gasteiger partial charge in [0.1, 0.15) is 5.84 Å². The lowest BCUT2D eigenvalue weighted by atomic mass is 9.81. The molecule has 3 atom stereocenters. The van der Waals surface area contributed by atoms with Gasteiger partial charge in [0.15, 0.2) is 15.6 Å². The van der Waals surface area contributed by atoms with Crippen LogP contribution in [0.5, 0.6) is 0 Å². The van der Waals surface area contributed by atoms with Gasteiger partial charge in [-0.3, -0.25) is 5.73 Å². The van der Waals surface area contributed by atoms with Gasteiger partial charge >= 0.3 is 0 Å². The maximum absolute atomic E-state index is 12.7. The molecule has 3 rings (SSSR count). The van der Waals surface area contributed by atoms with Crippen molar-refractivity contribution in [1.82, 2.24) is 5.32 Å². The van der Waals surface area contributed by atoms with E-state index < -0.39 is 20.9 Å². The van der Waals surface area contributed by atoms with Crippen molar-refractivity contribution in [2.45, 2.75) is 61.5 Å². The van der Waals surface area contributed by atoms with Crippen molar-refractivity contribution in [2.75, 3.05) is 5.32 Å². The van der Waals surface area contributed by atoms with E-state index >= 15 is 0 Å². The minimum atomic E-state index is -3.48. The summed E-state index contributed by atoms with van der Waals surface area (Å²) in [6, 6.07) is 6.83. The van der Waals surface area contributed by atoms with Gasteiger partial charge in [0, 0.05) is 18.2 Å². The largest absolute Gasteiger partial charge is 0.354 e. The predicted octanol–water partition coefficient (Wildman–Crippen LogP) is 2.49. The van der Waals surface area contributed by atoms with Crippen LogP contribution in [-0.2, 0) is 9.84 Å². The van der Waals surface area contributed by atoms with Crippen LogP contribution < -0.4 is 22.1 Å². The number of nitrogens with one attached hydrogen (secondary N) is 2. The highest BCUT2D eigenvalue weighted by Crippen LogP contribution is 2.33. The number of halogens is 1. The van der Waals surface area contributed by atoms with Gasteiger partial charge < -0.3 is 16.4 Å². The third-order valence-corrected chi connectivity index (χ3v) is 7.86. The van der Waals surface area contributed by atoms with E-state index in [-0.39, 0.29) is 16.9 Å². The molecule has 1 aromatic rings. The molecule has 2 aliphatic rings. The van der Waals surface area contributed by atoms with Crippen molar-refractivity contribution in [3.05, 3.63) is 35.5 Å². The summed E-state index contributed by atoms with van der Waals surface area (Å²) in [5.41, 5.74) is 13.1. The van der Waals surface area contributed by atoms with E-state index in [0.29, 0.717) is 16.6 Å². The van der Waals surface area contributed by atoms with Crippen molar-refractivity contribution in [3.63, 3.8) is 0 Å². The van der Waals surface area contributed by atoms with Crippen LogP contribution in [0.15, 0.2) is 45.4 Å². The predicted molar refractivity (Wildman–Crippen MR) is 114 cm³/mol. The van der Waals surface area contributed by atoms with Crippen LogP contribution in [0, 0.1) is 5.92 Å². The Kier molecular flexibility index (Phi) is 6.05. The summed E-state index contributed by atoms with van der Waals surface area (Å²) in [6.07, 6.45) is 5.27. The number of sulfone groups is 1. The van der Waals surface area contributed by atoms with Crippen LogP contribution in [0.3, 0.4) is 0 Å². The molecule has 6 N–H and O–H groups in total. The Morgan fingerprint density at radius 2 is 2.04 bits per heavy atom. The van der Waals surface area contributed by atoms with Crippen LogP contribution in [-0.4, -0.2) is 31.3 Å². The standard InChI is InChI=1S/C19H28ClN5O2S/c1-12(2)28(26,27)17-9-4-3-8-16(17)24-18-15(20)11-23-19(22,25-18)13-6-5-7-14(21)10-13/h3-4,8-9,11-14,23H,5-7,10,21-22H2,1-2H3,(H,24,25)/t13-,14+,19?/m1/s1. The number of nitrogens with zero attached hydrogens (tertiary/aromatic N) is 1. The Labute approximate surface area is 171 Å². The Morgan fingerprint density at radius 1 is 1.32 bits per heavy atom. The van der Waals surface area contributed by atoms with E-state index in [2.05, 4.69) is 15.6 Å². The van der Waals surface area contributed by atoms with Gasteiger partial charge in [-0.15, -0.1) is 0 Å². The van der Waals surface area contributed by atoms with E-state index in [0.717, 1.165) is 25.7 Å². The number of nitrogens with two attached hydrogens (primary N) is 2. The maximum Gasteiger partial charge on any atom is 0.187 e. The van der Waals surface area contributed by atoms with Gasteiger partial charge in [-0.2, -0.15) is 0 Å². The topological polar surface area (TPSA) is 123 Å². The molecule has 0 amide bonds. The van der Waals surface area contributed by atoms with Gasteiger partial charge in [0.25, 0.3) is 0 Å². The third-order valence-electron chi connectivity index (χ3n) is 5.36. The molecule has 7 nitrogen and oxygen atoms in total. The third kappa shape index (κ3) is 4.20. The normalized spacial score (nSPS) is 28.4. The molecule has 1 saturated carbocycles. The molecule has 28 heavy (non-hydrogen) atoms. The maximum atomic E-state index is 12.7. The Morgan fingerprint density at radius 3 is 2.71 bits per heavy atom. The first kappa shape index (κ1) is 21.1. The van der Waals surface area contributed by atoms with Crippen LogP contribution in [0.2, 0.25) is 0 Å². The smallest absolute Gasteiger partial charge is 0.187 e. The minimum absolute atomic E-state index is 0.0590. The lowest BCUT2D eigenvalue weighted by molar-refractivity contribution is 0.176. The lowest BCUT2D eigenvalue weighted by Crippen LogP contribution is -2.59. The number of hydrogen-bond donors (Lipinski definition) is 4. The van der Waals surface area contributed by atoms with Crippen LogP contribution >= 0.6 is 11.6 Å². The zero-order chi connectivity index (χ0) is 20.5. The van der Waals surface area contributed by atoms with Crippen LogP contribution in [0.4, 0.5) is 5.69 Å². The summed E-state index contributed by atoms with van der Waals surface area (Å²) in [6.45, 7) is 3.30. The molecular weight excluding hydrogens is 398 g/mol. The minimum Gasteiger partial charge on any atom is -0.354 e. The highest BCUT2D eigenvalue weighted by atomic mass is 35.5. The number of rotatable bonds is 4. The van der Waals surface area contributed by atoms with Crippen molar-refractivity contribution in [1.29, 1.82) is 0 Å². The molecule has 1 aromatic carbocycles. The fourth-order valence-corrected chi connectivity index (χ4v) is 4.99. The molecule has 0 radical (unpaired) electrons. The van der Waals surface area contributed by atoms with Gasteiger partial charge in [-0.25, -0.2) is 13.4 Å². The van der Waals surface area contributed by atoms with Gasteiger partial charge in [-0.1, -0.05) is 30.2 Å². The molecule has 0 bridgehead atoms. The highest BCUT2D eigenvalue weighted by Gasteiger charge is 2.39. The molecule has 9 heteroatoms. The first-order valence-electron chi connectivity index (χ1n) is 9.51. The number of anilines is 1. The zero-order valence-corrected chi connectivity index (χ0v) is 17.7. The fourth-order valence-electron chi connectivity index (χ4n) is 3.64. The van der Waals surface area contributed by atoms with Gasteiger partial charge in [0.05, 0.1) is 20.9 Å². The van der Waals surface area contributed by atoms with Crippen LogP contribution in [0.1, 0.15) is 39.5 Å². The van der Waals surface area contributed by atoms with E-state index in [4.69, 9.17) is 23.1 Å². The molecule has 0 saturated heterocycles. The van der Waals surface area contributed by atoms with Crippen molar-refractivity contribution in [2.24, 2.45) is 22.4 Å². The highest BCUT2D eigenvalue weighted by molar-refractivity contribution is 7.92. The summed E-state index contributed by atoms with van der Waals surface area (Å²) in [5.74, 6) is -0.637. The second-order valence-corrected chi connectivity index (χ2v) is 10.6. The Balaban J connectivity index is 1.93. The molecule has 1 heterocycles. The SMILES string of the molecule is CC(C)S(=O)(=O)c1ccccc1NC1=NC(N)([C@@H]2CCC[C@H](N)C2)NC=C1Cl. The summed E-state index contributed by atoms with van der Waals surface area (Å²) >= 11 is 6.33. The molecule has 1 unspecified atom stereocenters. The van der Waals surface area contributed by atoms with Crippen molar-refractivity contribution >= 4 is 33.0 Å². The first-order chi connectivity index (χ1) is 13.1. The average Bonchev–Trinajstić information content (AvgIpc) is 2.65. The molecule has 0 spiro atoms. The number of aliphatic imine (C=N–C) groups is 1. The average molecular weight is 426 g/mol. The van der Waals surface area contributed by atoms with E-state index in [1.165, 1.54) is 0 Å². The second-order valence-electron chi connectivity index (χ2n) is 7.76. The molecular formula is C19H28ClN5O2S.